The van der Waals surface area contributed by atoms with Crippen molar-refractivity contribution in [1.82, 2.24) is 5.32 Å². The van der Waals surface area contributed by atoms with Crippen molar-refractivity contribution in [1.29, 1.82) is 0 Å². The third-order valence-electron chi connectivity index (χ3n) is 3.35. The van der Waals surface area contributed by atoms with Gasteiger partial charge in [0, 0.05) is 12.0 Å². The molecule has 0 heterocycles. The summed E-state index contributed by atoms with van der Waals surface area (Å²) in [6.45, 7) is 6.85. The molecule has 0 aliphatic heterocycles. The third-order valence-corrected chi connectivity index (χ3v) is 3.35. The van der Waals surface area contributed by atoms with Crippen LogP contribution in [0.5, 0.6) is 5.75 Å². The van der Waals surface area contributed by atoms with E-state index in [4.69, 9.17) is 4.74 Å². The van der Waals surface area contributed by atoms with Gasteiger partial charge in [0.05, 0.1) is 13.2 Å². The van der Waals surface area contributed by atoms with Crippen molar-refractivity contribution in [2.75, 3.05) is 20.3 Å². The first-order chi connectivity index (χ1) is 8.00. The molecule has 1 aromatic rings. The molecule has 2 N–H and O–H groups in total. The van der Waals surface area contributed by atoms with Gasteiger partial charge in [-0.25, -0.2) is 0 Å². The molecule has 0 aliphatic carbocycles. The molecule has 1 rings (SSSR count). The lowest BCUT2D eigenvalue weighted by molar-refractivity contribution is 0.151. The van der Waals surface area contributed by atoms with Gasteiger partial charge in [0.15, 0.2) is 0 Å². The smallest absolute Gasteiger partial charge is 0.119 e. The minimum atomic E-state index is -0.264. The lowest BCUT2D eigenvalue weighted by Gasteiger charge is -2.26. The van der Waals surface area contributed by atoms with E-state index in [0.29, 0.717) is 6.61 Å². The maximum atomic E-state index is 9.24. The van der Waals surface area contributed by atoms with Crippen LogP contribution in [-0.2, 0) is 0 Å². The van der Waals surface area contributed by atoms with Crippen molar-refractivity contribution in [2.45, 2.75) is 32.7 Å². The average Bonchev–Trinajstić information content (AvgIpc) is 2.33. The van der Waals surface area contributed by atoms with Gasteiger partial charge in [-0.3, -0.25) is 0 Å². The van der Waals surface area contributed by atoms with E-state index >= 15 is 0 Å². The highest BCUT2D eigenvalue weighted by Gasteiger charge is 2.20. The fourth-order valence-corrected chi connectivity index (χ4v) is 1.48. The summed E-state index contributed by atoms with van der Waals surface area (Å²) >= 11 is 0. The SMILES string of the molecule is CNC(C)(CO)CCOc1ccc(C)c(C)c1. The average molecular weight is 237 g/mol. The second-order valence-corrected chi connectivity index (χ2v) is 4.81. The van der Waals surface area contributed by atoms with E-state index in [1.54, 1.807) is 0 Å². The number of likely N-dealkylation sites (N-methyl/N-ethyl adjacent to an activating group) is 1. The molecule has 96 valence electrons. The fourth-order valence-electron chi connectivity index (χ4n) is 1.48. The molecule has 0 aliphatic rings. The Morgan fingerprint density at radius 3 is 2.53 bits per heavy atom. The van der Waals surface area contributed by atoms with Gasteiger partial charge in [0.1, 0.15) is 5.75 Å². The van der Waals surface area contributed by atoms with Crippen LogP contribution in [0.4, 0.5) is 0 Å². The van der Waals surface area contributed by atoms with E-state index in [9.17, 15) is 5.11 Å². The molecule has 0 spiro atoms. The first kappa shape index (κ1) is 14.0. The molecule has 0 saturated heterocycles. The van der Waals surface area contributed by atoms with Crippen molar-refractivity contribution in [2.24, 2.45) is 0 Å². The molecule has 3 heteroatoms. The number of rotatable bonds is 6. The molecule has 0 fully saturated rings. The van der Waals surface area contributed by atoms with Crippen LogP contribution in [-0.4, -0.2) is 30.9 Å². The van der Waals surface area contributed by atoms with E-state index < -0.39 is 0 Å². The predicted molar refractivity (Wildman–Crippen MR) is 70.6 cm³/mol. The molecule has 3 nitrogen and oxygen atoms in total. The first-order valence-corrected chi connectivity index (χ1v) is 6.00. The highest BCUT2D eigenvalue weighted by molar-refractivity contribution is 5.33. The number of hydrogen-bond donors (Lipinski definition) is 2. The van der Waals surface area contributed by atoms with Crippen LogP contribution in [0.25, 0.3) is 0 Å². The number of ether oxygens (including phenoxy) is 1. The van der Waals surface area contributed by atoms with Gasteiger partial charge in [-0.05, 0) is 51.1 Å². The molecule has 1 unspecified atom stereocenters. The Balaban J connectivity index is 2.48. The van der Waals surface area contributed by atoms with Crippen molar-refractivity contribution in [3.05, 3.63) is 29.3 Å². The molecule has 0 amide bonds. The second kappa shape index (κ2) is 6.03. The van der Waals surface area contributed by atoms with E-state index in [1.807, 2.05) is 26.1 Å². The van der Waals surface area contributed by atoms with E-state index in [0.717, 1.165) is 12.2 Å². The summed E-state index contributed by atoms with van der Waals surface area (Å²) in [6.07, 6.45) is 0.771. The minimum absolute atomic E-state index is 0.111. The number of nitrogens with one attached hydrogen (secondary N) is 1. The molecule has 0 saturated carbocycles. The summed E-state index contributed by atoms with van der Waals surface area (Å²) in [5.74, 6) is 0.893. The summed E-state index contributed by atoms with van der Waals surface area (Å²) in [5.41, 5.74) is 2.24. The summed E-state index contributed by atoms with van der Waals surface area (Å²) in [5, 5.41) is 12.3. The monoisotopic (exact) mass is 237 g/mol. The summed E-state index contributed by atoms with van der Waals surface area (Å²) in [6, 6.07) is 6.09. The van der Waals surface area contributed by atoms with Crippen LogP contribution in [0.3, 0.4) is 0 Å². The van der Waals surface area contributed by atoms with Crippen LogP contribution in [0.2, 0.25) is 0 Å². The predicted octanol–water partition coefficient (Wildman–Crippen LogP) is 2.04. The lowest BCUT2D eigenvalue weighted by Crippen LogP contribution is -2.44. The molecule has 0 bridgehead atoms. The summed E-state index contributed by atoms with van der Waals surface area (Å²) in [4.78, 5) is 0. The first-order valence-electron chi connectivity index (χ1n) is 6.00. The zero-order valence-corrected chi connectivity index (χ0v) is 11.2. The summed E-state index contributed by atoms with van der Waals surface area (Å²) in [7, 11) is 1.85. The zero-order chi connectivity index (χ0) is 12.9. The van der Waals surface area contributed by atoms with Gasteiger partial charge >= 0.3 is 0 Å². The Morgan fingerprint density at radius 1 is 1.29 bits per heavy atom. The van der Waals surface area contributed by atoms with Crippen LogP contribution in [0, 0.1) is 13.8 Å². The number of benzene rings is 1. The van der Waals surface area contributed by atoms with Gasteiger partial charge in [0.25, 0.3) is 0 Å². The molecule has 1 aromatic carbocycles. The minimum Gasteiger partial charge on any atom is -0.494 e. The molecule has 0 aromatic heterocycles. The zero-order valence-electron chi connectivity index (χ0n) is 11.2. The van der Waals surface area contributed by atoms with Gasteiger partial charge in [0.2, 0.25) is 0 Å². The van der Waals surface area contributed by atoms with Crippen LogP contribution in [0.15, 0.2) is 18.2 Å². The topological polar surface area (TPSA) is 41.5 Å². The molecule has 1 atom stereocenters. The highest BCUT2D eigenvalue weighted by Crippen LogP contribution is 2.17. The quantitative estimate of drug-likeness (QED) is 0.795. The molecular formula is C14H23NO2. The summed E-state index contributed by atoms with van der Waals surface area (Å²) < 4.78 is 5.69. The van der Waals surface area contributed by atoms with Crippen LogP contribution < -0.4 is 10.1 Å². The third kappa shape index (κ3) is 4.02. The Hall–Kier alpha value is -1.06. The number of aliphatic hydroxyl groups is 1. The van der Waals surface area contributed by atoms with E-state index in [1.165, 1.54) is 11.1 Å². The van der Waals surface area contributed by atoms with E-state index in [-0.39, 0.29) is 12.1 Å². The van der Waals surface area contributed by atoms with Crippen molar-refractivity contribution < 1.29 is 9.84 Å². The normalized spacial score (nSPS) is 14.4. The van der Waals surface area contributed by atoms with Crippen molar-refractivity contribution in [3.8, 4) is 5.75 Å². The maximum absolute atomic E-state index is 9.24. The van der Waals surface area contributed by atoms with Gasteiger partial charge < -0.3 is 15.2 Å². The highest BCUT2D eigenvalue weighted by atomic mass is 16.5. The molecule has 17 heavy (non-hydrogen) atoms. The Morgan fingerprint density at radius 2 is 2.00 bits per heavy atom. The van der Waals surface area contributed by atoms with Crippen molar-refractivity contribution >= 4 is 0 Å². The fraction of sp³-hybridized carbons (Fsp3) is 0.571. The molecular weight excluding hydrogens is 214 g/mol. The standard InChI is InChI=1S/C14H23NO2/c1-11-5-6-13(9-12(11)2)17-8-7-14(3,10-16)15-4/h5-6,9,15-16H,7-8,10H2,1-4H3. The largest absolute Gasteiger partial charge is 0.494 e. The second-order valence-electron chi connectivity index (χ2n) is 4.81. The Kier molecular flexibility index (Phi) is 4.97. The van der Waals surface area contributed by atoms with Gasteiger partial charge in [-0.1, -0.05) is 6.07 Å². The van der Waals surface area contributed by atoms with E-state index in [2.05, 4.69) is 25.2 Å². The Bertz CT molecular complexity index is 359. The number of aliphatic hydroxyl groups excluding tert-OH is 1. The van der Waals surface area contributed by atoms with Crippen LogP contribution >= 0.6 is 0 Å². The number of hydrogen-bond acceptors (Lipinski definition) is 3. The molecule has 0 radical (unpaired) electrons. The van der Waals surface area contributed by atoms with Crippen LogP contribution in [0.1, 0.15) is 24.5 Å². The van der Waals surface area contributed by atoms with Gasteiger partial charge in [-0.2, -0.15) is 0 Å². The lowest BCUT2D eigenvalue weighted by atomic mass is 10.0. The maximum Gasteiger partial charge on any atom is 0.119 e. The van der Waals surface area contributed by atoms with Gasteiger partial charge in [-0.15, -0.1) is 0 Å². The Labute approximate surface area is 104 Å². The van der Waals surface area contributed by atoms with Crippen molar-refractivity contribution in [3.63, 3.8) is 0 Å². The number of aryl methyl sites for hydroxylation is 2.